The molecule has 1 unspecified atom stereocenters. The number of imidazole rings is 1. The van der Waals surface area contributed by atoms with Crippen LogP contribution in [-0.4, -0.2) is 55.5 Å². The maximum absolute atomic E-state index is 5.01. The number of amidine groups is 2. The van der Waals surface area contributed by atoms with E-state index in [0.717, 1.165) is 53.8 Å². The van der Waals surface area contributed by atoms with Crippen molar-refractivity contribution in [2.45, 2.75) is 12.5 Å². The maximum Gasteiger partial charge on any atom is 0.174 e. The number of hydrogen-bond acceptors (Lipinski definition) is 7. The summed E-state index contributed by atoms with van der Waals surface area (Å²) in [6.07, 6.45) is 14.8. The molecule has 0 saturated carbocycles. The first-order valence-corrected chi connectivity index (χ1v) is 11.1. The van der Waals surface area contributed by atoms with E-state index < -0.39 is 0 Å². The highest BCUT2D eigenvalue weighted by Gasteiger charge is 2.35. The van der Waals surface area contributed by atoms with E-state index in [4.69, 9.17) is 9.98 Å². The van der Waals surface area contributed by atoms with Crippen LogP contribution in [0.1, 0.15) is 18.0 Å². The molecule has 0 amide bonds. The van der Waals surface area contributed by atoms with Gasteiger partial charge in [0.05, 0.1) is 30.8 Å². The molecule has 2 aromatic heterocycles. The fraction of sp³-hybridized carbons (Fsp3) is 0.250. The van der Waals surface area contributed by atoms with Gasteiger partial charge in [-0.25, -0.2) is 9.98 Å². The van der Waals surface area contributed by atoms with Crippen molar-refractivity contribution in [2.24, 2.45) is 17.0 Å². The first-order chi connectivity index (χ1) is 16.2. The predicted molar refractivity (Wildman–Crippen MR) is 128 cm³/mol. The van der Waals surface area contributed by atoms with Crippen molar-refractivity contribution in [1.82, 2.24) is 29.5 Å². The molecule has 3 aromatic rings. The van der Waals surface area contributed by atoms with E-state index in [-0.39, 0.29) is 6.04 Å². The third-order valence-corrected chi connectivity index (χ3v) is 6.13. The number of allylic oxidation sites excluding steroid dienone is 1. The van der Waals surface area contributed by atoms with Crippen LogP contribution in [0.2, 0.25) is 0 Å². The summed E-state index contributed by atoms with van der Waals surface area (Å²) in [6.45, 7) is 2.50. The van der Waals surface area contributed by atoms with Crippen molar-refractivity contribution >= 4 is 17.4 Å². The second-order valence-corrected chi connectivity index (χ2v) is 8.33. The number of aromatic nitrogens is 4. The number of aryl methyl sites for hydroxylation is 1. The van der Waals surface area contributed by atoms with Gasteiger partial charge >= 0.3 is 0 Å². The standard InChI is InChI=1S/C24H25N9/c1-31-14-18(12-28-31)22-13-27-24-23(30-21(15-33(22)24)17-6-8-25-9-7-17)29-19-2-4-20(5-3-19)32-11-10-26-16-32/h2-6,10-12,14-16,22,25H,7-9,13H2,1H3,(H,29,30). The molecule has 0 bridgehead atoms. The number of aliphatic imine (C=N–C) groups is 2. The summed E-state index contributed by atoms with van der Waals surface area (Å²) < 4.78 is 3.82. The summed E-state index contributed by atoms with van der Waals surface area (Å²) in [5.74, 6) is 1.63. The van der Waals surface area contributed by atoms with Crippen molar-refractivity contribution in [1.29, 1.82) is 0 Å². The van der Waals surface area contributed by atoms with Crippen molar-refractivity contribution in [3.63, 3.8) is 0 Å². The van der Waals surface area contributed by atoms with Crippen LogP contribution in [0.25, 0.3) is 5.69 Å². The number of hydrogen-bond donors (Lipinski definition) is 2. The van der Waals surface area contributed by atoms with E-state index in [2.05, 4.69) is 68.4 Å². The monoisotopic (exact) mass is 439 g/mol. The summed E-state index contributed by atoms with van der Waals surface area (Å²) >= 11 is 0. The molecule has 166 valence electrons. The Morgan fingerprint density at radius 3 is 2.82 bits per heavy atom. The largest absolute Gasteiger partial charge is 0.337 e. The fourth-order valence-corrected chi connectivity index (χ4v) is 4.41. The van der Waals surface area contributed by atoms with Gasteiger partial charge in [0.1, 0.15) is 0 Å². The third-order valence-electron chi connectivity index (χ3n) is 6.13. The molecule has 0 spiro atoms. The van der Waals surface area contributed by atoms with E-state index in [1.807, 2.05) is 28.7 Å². The minimum absolute atomic E-state index is 0.113. The van der Waals surface area contributed by atoms with Crippen molar-refractivity contribution in [2.75, 3.05) is 25.0 Å². The normalized spacial score (nSPS) is 20.0. The van der Waals surface area contributed by atoms with Crippen LogP contribution in [-0.2, 0) is 7.05 Å². The molecule has 6 rings (SSSR count). The Morgan fingerprint density at radius 1 is 1.18 bits per heavy atom. The molecule has 0 aliphatic carbocycles. The Morgan fingerprint density at radius 2 is 2.09 bits per heavy atom. The predicted octanol–water partition coefficient (Wildman–Crippen LogP) is 2.65. The van der Waals surface area contributed by atoms with Crippen LogP contribution in [0.15, 0.2) is 88.9 Å². The van der Waals surface area contributed by atoms with Gasteiger partial charge in [0.2, 0.25) is 0 Å². The van der Waals surface area contributed by atoms with Crippen LogP contribution in [0.4, 0.5) is 5.69 Å². The van der Waals surface area contributed by atoms with Gasteiger partial charge in [-0.3, -0.25) is 9.67 Å². The third kappa shape index (κ3) is 3.76. The highest BCUT2D eigenvalue weighted by Crippen LogP contribution is 2.33. The summed E-state index contributed by atoms with van der Waals surface area (Å²) in [7, 11) is 1.94. The lowest BCUT2D eigenvalue weighted by molar-refractivity contribution is 0.455. The average Bonchev–Trinajstić information content (AvgIpc) is 3.61. The molecule has 1 atom stereocenters. The number of benzene rings is 1. The minimum atomic E-state index is 0.113. The zero-order chi connectivity index (χ0) is 22.2. The van der Waals surface area contributed by atoms with Crippen LogP contribution in [0.3, 0.4) is 0 Å². The lowest BCUT2D eigenvalue weighted by Gasteiger charge is -2.29. The first-order valence-electron chi connectivity index (χ1n) is 11.1. The maximum atomic E-state index is 5.01. The van der Waals surface area contributed by atoms with E-state index >= 15 is 0 Å². The van der Waals surface area contributed by atoms with Gasteiger partial charge in [-0.15, -0.1) is 0 Å². The number of rotatable bonds is 4. The number of anilines is 1. The molecule has 1 aromatic carbocycles. The van der Waals surface area contributed by atoms with Crippen LogP contribution < -0.4 is 10.6 Å². The molecule has 5 heterocycles. The molecule has 3 aliphatic heterocycles. The van der Waals surface area contributed by atoms with Gasteiger partial charge < -0.3 is 20.1 Å². The summed E-state index contributed by atoms with van der Waals surface area (Å²) in [5, 5.41) is 11.3. The molecule has 3 aliphatic rings. The lowest BCUT2D eigenvalue weighted by atomic mass is 10.0. The Labute approximate surface area is 191 Å². The summed E-state index contributed by atoms with van der Waals surface area (Å²) in [4.78, 5) is 16.2. The van der Waals surface area contributed by atoms with E-state index in [1.54, 1.807) is 12.5 Å². The number of nitrogens with zero attached hydrogens (tertiary/aromatic N) is 7. The zero-order valence-corrected chi connectivity index (χ0v) is 18.4. The first kappa shape index (κ1) is 19.7. The molecule has 0 fully saturated rings. The van der Waals surface area contributed by atoms with Gasteiger partial charge in [0.25, 0.3) is 0 Å². The van der Waals surface area contributed by atoms with E-state index in [1.165, 1.54) is 5.57 Å². The SMILES string of the molecule is Cn1cc(C2CN=C3C(Nc4ccc(-n5ccnc5)cc4)=NC(C4=CCNCC4)=CN32)cn1. The minimum Gasteiger partial charge on any atom is -0.337 e. The van der Waals surface area contributed by atoms with Gasteiger partial charge in [-0.05, 0) is 42.8 Å². The molecule has 9 heteroatoms. The highest BCUT2D eigenvalue weighted by molar-refractivity contribution is 6.46. The second-order valence-electron chi connectivity index (χ2n) is 8.33. The molecule has 0 radical (unpaired) electrons. The molecule has 2 N–H and O–H groups in total. The Balaban J connectivity index is 1.32. The average molecular weight is 440 g/mol. The molecule has 0 saturated heterocycles. The highest BCUT2D eigenvalue weighted by atomic mass is 15.3. The van der Waals surface area contributed by atoms with Gasteiger partial charge in [-0.1, -0.05) is 6.08 Å². The van der Waals surface area contributed by atoms with Gasteiger partial charge in [-0.2, -0.15) is 5.10 Å². The second kappa shape index (κ2) is 8.18. The van der Waals surface area contributed by atoms with Gasteiger partial charge in [0, 0.05) is 55.3 Å². The van der Waals surface area contributed by atoms with Crippen LogP contribution in [0, 0.1) is 0 Å². The molecular weight excluding hydrogens is 414 g/mol. The van der Waals surface area contributed by atoms with Crippen molar-refractivity contribution in [3.05, 3.63) is 84.5 Å². The lowest BCUT2D eigenvalue weighted by Crippen LogP contribution is -2.38. The van der Waals surface area contributed by atoms with Crippen molar-refractivity contribution < 1.29 is 0 Å². The van der Waals surface area contributed by atoms with Crippen LogP contribution in [0.5, 0.6) is 0 Å². The zero-order valence-electron chi connectivity index (χ0n) is 18.4. The van der Waals surface area contributed by atoms with E-state index in [9.17, 15) is 0 Å². The Bertz CT molecular complexity index is 1280. The number of fused-ring (bicyclic) bond motifs is 1. The number of nitrogens with one attached hydrogen (secondary N) is 2. The molecular formula is C24H25N9. The topological polar surface area (TPSA) is 87.7 Å². The summed E-state index contributed by atoms with van der Waals surface area (Å²) in [6, 6.07) is 8.34. The molecule has 33 heavy (non-hydrogen) atoms. The smallest absolute Gasteiger partial charge is 0.174 e. The van der Waals surface area contributed by atoms with Gasteiger partial charge in [0.15, 0.2) is 11.7 Å². The van der Waals surface area contributed by atoms with Crippen LogP contribution >= 0.6 is 0 Å². The van der Waals surface area contributed by atoms with Crippen molar-refractivity contribution in [3.8, 4) is 5.69 Å². The fourth-order valence-electron chi connectivity index (χ4n) is 4.41. The van der Waals surface area contributed by atoms with E-state index in [0.29, 0.717) is 6.54 Å². The quantitative estimate of drug-likeness (QED) is 0.653. The summed E-state index contributed by atoms with van der Waals surface area (Å²) in [5.41, 5.74) is 5.42. The molecule has 9 nitrogen and oxygen atoms in total. The Kier molecular flexibility index (Phi) is 4.88. The Hall–Kier alpha value is -3.98.